The topological polar surface area (TPSA) is 75.3 Å². The Hall–Kier alpha value is -1.72. The van der Waals surface area contributed by atoms with Crippen LogP contribution < -0.4 is 11.1 Å². The molecule has 0 spiro atoms. The molecular weight excluding hydrogens is 260 g/mol. The Bertz CT molecular complexity index is 568. The summed E-state index contributed by atoms with van der Waals surface area (Å²) in [5.74, 6) is -0.223. The maximum absolute atomic E-state index is 11.8. The van der Waals surface area contributed by atoms with Crippen LogP contribution in [-0.2, 0) is 0 Å². The van der Waals surface area contributed by atoms with Crippen LogP contribution in [-0.4, -0.2) is 11.0 Å². The third-order valence-corrected chi connectivity index (χ3v) is 3.31. The second kappa shape index (κ2) is 4.65. The van der Waals surface area contributed by atoms with E-state index in [1.807, 2.05) is 0 Å². The Labute approximate surface area is 107 Å². The number of phenols is 1. The predicted octanol–water partition coefficient (Wildman–Crippen LogP) is 2.94. The van der Waals surface area contributed by atoms with Gasteiger partial charge in [-0.1, -0.05) is 11.6 Å². The lowest BCUT2D eigenvalue weighted by Gasteiger charge is -2.07. The third kappa shape index (κ3) is 2.69. The number of carbonyl (C=O) groups excluding carboxylic acids is 1. The highest BCUT2D eigenvalue weighted by molar-refractivity contribution is 7.18. The fourth-order valence-corrected chi connectivity index (χ4v) is 2.22. The van der Waals surface area contributed by atoms with Crippen molar-refractivity contribution in [3.05, 3.63) is 39.5 Å². The van der Waals surface area contributed by atoms with E-state index in [9.17, 15) is 9.90 Å². The molecule has 0 radical (unpaired) electrons. The Kier molecular flexibility index (Phi) is 3.21. The van der Waals surface area contributed by atoms with Crippen molar-refractivity contribution in [1.29, 1.82) is 0 Å². The number of benzene rings is 1. The minimum atomic E-state index is -0.278. The summed E-state index contributed by atoms with van der Waals surface area (Å²) in [6.45, 7) is 0. The molecule has 0 bridgehead atoms. The average Bonchev–Trinajstić information content (AvgIpc) is 2.69. The van der Waals surface area contributed by atoms with Gasteiger partial charge >= 0.3 is 0 Å². The van der Waals surface area contributed by atoms with Crippen LogP contribution in [0.15, 0.2) is 30.3 Å². The van der Waals surface area contributed by atoms with E-state index in [1.54, 1.807) is 12.1 Å². The zero-order valence-electron chi connectivity index (χ0n) is 8.61. The molecule has 6 heteroatoms. The summed E-state index contributed by atoms with van der Waals surface area (Å²) in [4.78, 5) is 12.3. The van der Waals surface area contributed by atoms with Gasteiger partial charge in [-0.15, -0.1) is 11.3 Å². The molecule has 0 unspecified atom stereocenters. The molecule has 1 amide bonds. The van der Waals surface area contributed by atoms with Crippen LogP contribution in [0.2, 0.25) is 4.34 Å². The van der Waals surface area contributed by atoms with E-state index in [1.165, 1.54) is 29.5 Å². The second-order valence-electron chi connectivity index (χ2n) is 3.33. The Morgan fingerprint density at radius 1 is 1.35 bits per heavy atom. The van der Waals surface area contributed by atoms with Crippen LogP contribution in [0.3, 0.4) is 0 Å². The highest BCUT2D eigenvalue weighted by atomic mass is 35.5. The van der Waals surface area contributed by atoms with Crippen LogP contribution in [0.1, 0.15) is 9.67 Å². The van der Waals surface area contributed by atoms with Gasteiger partial charge in [-0.2, -0.15) is 0 Å². The van der Waals surface area contributed by atoms with Crippen molar-refractivity contribution in [2.24, 2.45) is 0 Å². The van der Waals surface area contributed by atoms with Crippen LogP contribution in [0, 0.1) is 0 Å². The number of carbonyl (C=O) groups is 1. The highest BCUT2D eigenvalue weighted by Gasteiger charge is 2.10. The molecule has 0 saturated heterocycles. The lowest BCUT2D eigenvalue weighted by atomic mass is 10.2. The van der Waals surface area contributed by atoms with E-state index in [-0.39, 0.29) is 11.7 Å². The number of aromatic hydroxyl groups is 1. The Morgan fingerprint density at radius 2 is 2.12 bits per heavy atom. The Morgan fingerprint density at radius 3 is 2.71 bits per heavy atom. The van der Waals surface area contributed by atoms with Gasteiger partial charge in [0.1, 0.15) is 5.75 Å². The number of nitrogen functional groups attached to an aromatic ring is 1. The number of nitrogens with one attached hydrogen (secondary N) is 1. The zero-order valence-corrected chi connectivity index (χ0v) is 10.2. The van der Waals surface area contributed by atoms with Crippen molar-refractivity contribution in [3.63, 3.8) is 0 Å². The van der Waals surface area contributed by atoms with Gasteiger partial charge < -0.3 is 16.2 Å². The first-order valence-corrected chi connectivity index (χ1v) is 5.91. The first kappa shape index (κ1) is 11.8. The van der Waals surface area contributed by atoms with Crippen molar-refractivity contribution in [2.45, 2.75) is 0 Å². The minimum absolute atomic E-state index is 0.0552. The number of rotatable bonds is 2. The molecule has 0 aliphatic rings. The van der Waals surface area contributed by atoms with Crippen molar-refractivity contribution in [3.8, 4) is 5.75 Å². The normalized spacial score (nSPS) is 10.2. The predicted molar refractivity (Wildman–Crippen MR) is 69.8 cm³/mol. The number of thiophene rings is 1. The van der Waals surface area contributed by atoms with Gasteiger partial charge in [0.25, 0.3) is 5.91 Å². The lowest BCUT2D eigenvalue weighted by molar-refractivity contribution is 0.103. The molecule has 17 heavy (non-hydrogen) atoms. The maximum atomic E-state index is 11.8. The molecule has 0 saturated carbocycles. The molecule has 4 nitrogen and oxygen atoms in total. The smallest absolute Gasteiger partial charge is 0.265 e. The number of anilines is 2. The van der Waals surface area contributed by atoms with Crippen LogP contribution in [0.25, 0.3) is 0 Å². The number of hydrogen-bond acceptors (Lipinski definition) is 4. The largest absolute Gasteiger partial charge is 0.508 e. The molecule has 2 aromatic rings. The SMILES string of the molecule is Nc1cc(O)ccc1NC(=O)c1ccc(Cl)s1. The van der Waals surface area contributed by atoms with Crippen molar-refractivity contribution < 1.29 is 9.90 Å². The van der Waals surface area contributed by atoms with Gasteiger partial charge in [0, 0.05) is 6.07 Å². The van der Waals surface area contributed by atoms with E-state index in [0.717, 1.165) is 0 Å². The summed E-state index contributed by atoms with van der Waals surface area (Å²) in [6.07, 6.45) is 0. The van der Waals surface area contributed by atoms with Gasteiger partial charge in [-0.05, 0) is 24.3 Å². The van der Waals surface area contributed by atoms with Crippen molar-refractivity contribution >= 4 is 40.2 Å². The third-order valence-electron chi connectivity index (χ3n) is 2.08. The molecule has 0 atom stereocenters. The molecular formula is C11H9ClN2O2S. The monoisotopic (exact) mass is 268 g/mol. The van der Waals surface area contributed by atoms with Crippen LogP contribution in [0.4, 0.5) is 11.4 Å². The first-order chi connectivity index (χ1) is 8.06. The molecule has 1 aromatic heterocycles. The summed E-state index contributed by atoms with van der Waals surface area (Å²) in [5.41, 5.74) is 6.42. The summed E-state index contributed by atoms with van der Waals surface area (Å²) < 4.78 is 0.550. The van der Waals surface area contributed by atoms with Gasteiger partial charge in [0.05, 0.1) is 20.6 Å². The number of amides is 1. The van der Waals surface area contributed by atoms with Crippen molar-refractivity contribution in [1.82, 2.24) is 0 Å². The fraction of sp³-hybridized carbons (Fsp3) is 0. The standard InChI is InChI=1S/C11H9ClN2O2S/c12-10-4-3-9(17-10)11(16)14-8-2-1-6(15)5-7(8)13/h1-5,15H,13H2,(H,14,16). The summed E-state index contributed by atoms with van der Waals surface area (Å²) >= 11 is 6.93. The van der Waals surface area contributed by atoms with E-state index in [4.69, 9.17) is 17.3 Å². The number of halogens is 1. The van der Waals surface area contributed by atoms with Gasteiger partial charge in [0.15, 0.2) is 0 Å². The van der Waals surface area contributed by atoms with E-state index in [0.29, 0.717) is 20.6 Å². The number of phenolic OH excluding ortho intramolecular Hbond substituents is 1. The Balaban J connectivity index is 2.18. The van der Waals surface area contributed by atoms with Crippen LogP contribution in [0.5, 0.6) is 5.75 Å². The molecule has 0 aliphatic heterocycles. The second-order valence-corrected chi connectivity index (χ2v) is 5.04. The van der Waals surface area contributed by atoms with E-state index in [2.05, 4.69) is 5.32 Å². The molecule has 2 rings (SSSR count). The minimum Gasteiger partial charge on any atom is -0.508 e. The molecule has 1 aromatic carbocycles. The molecule has 88 valence electrons. The maximum Gasteiger partial charge on any atom is 0.265 e. The van der Waals surface area contributed by atoms with E-state index < -0.39 is 0 Å². The van der Waals surface area contributed by atoms with Gasteiger partial charge in [-0.3, -0.25) is 4.79 Å². The van der Waals surface area contributed by atoms with Crippen LogP contribution >= 0.6 is 22.9 Å². The molecule has 1 heterocycles. The zero-order chi connectivity index (χ0) is 12.4. The van der Waals surface area contributed by atoms with Gasteiger partial charge in [-0.25, -0.2) is 0 Å². The summed E-state index contributed by atoms with van der Waals surface area (Å²) in [6, 6.07) is 7.66. The molecule has 0 aliphatic carbocycles. The first-order valence-electron chi connectivity index (χ1n) is 4.71. The quantitative estimate of drug-likeness (QED) is 0.579. The number of nitrogens with two attached hydrogens (primary N) is 1. The molecule has 0 fully saturated rings. The highest BCUT2D eigenvalue weighted by Crippen LogP contribution is 2.26. The fourth-order valence-electron chi connectivity index (χ4n) is 1.28. The van der Waals surface area contributed by atoms with Gasteiger partial charge in [0.2, 0.25) is 0 Å². The van der Waals surface area contributed by atoms with Crippen molar-refractivity contribution in [2.75, 3.05) is 11.1 Å². The average molecular weight is 269 g/mol. The number of hydrogen-bond donors (Lipinski definition) is 3. The summed E-state index contributed by atoms with van der Waals surface area (Å²) in [7, 11) is 0. The van der Waals surface area contributed by atoms with E-state index >= 15 is 0 Å². The summed E-state index contributed by atoms with van der Waals surface area (Å²) in [5, 5.41) is 11.8. The lowest BCUT2D eigenvalue weighted by Crippen LogP contribution is -2.11. The molecule has 4 N–H and O–H groups in total.